The molecule has 0 fully saturated rings. The van der Waals surface area contributed by atoms with Gasteiger partial charge in [-0.25, -0.2) is 17.5 Å². The van der Waals surface area contributed by atoms with Gasteiger partial charge in [0, 0.05) is 11.6 Å². The molecule has 1 aromatic heterocycles. The highest BCUT2D eigenvalue weighted by Crippen LogP contribution is 2.25. The molecular weight excluding hydrogens is 379 g/mol. The molecule has 2 aromatic carbocycles. The fourth-order valence-electron chi connectivity index (χ4n) is 2.63. The monoisotopic (exact) mass is 400 g/mol. The molecule has 8 heteroatoms. The summed E-state index contributed by atoms with van der Waals surface area (Å²) < 4.78 is 40.3. The Morgan fingerprint density at radius 2 is 1.93 bits per heavy atom. The molecule has 0 spiro atoms. The normalized spacial score (nSPS) is 12.0. The van der Waals surface area contributed by atoms with Gasteiger partial charge in [-0.3, -0.25) is 5.43 Å². The average Bonchev–Trinajstić information content (AvgIpc) is 3.13. The number of benzene rings is 2. The van der Waals surface area contributed by atoms with Gasteiger partial charge in [0.25, 0.3) is 0 Å². The van der Waals surface area contributed by atoms with E-state index in [2.05, 4.69) is 15.6 Å². The largest absolute Gasteiger partial charge is 0.261 e. The number of hydrogen-bond acceptors (Lipinski definition) is 5. The van der Waals surface area contributed by atoms with E-state index in [1.807, 2.05) is 6.92 Å². The zero-order chi connectivity index (χ0) is 20.3. The van der Waals surface area contributed by atoms with Gasteiger partial charge >= 0.3 is 0 Å². The predicted molar refractivity (Wildman–Crippen MR) is 108 cm³/mol. The first kappa shape index (κ1) is 19.8. The molecule has 1 heterocycles. The summed E-state index contributed by atoms with van der Waals surface area (Å²) in [5, 5.41) is 7.82. The van der Waals surface area contributed by atoms with E-state index in [1.165, 1.54) is 23.0 Å². The van der Waals surface area contributed by atoms with Crippen molar-refractivity contribution in [2.75, 3.05) is 5.43 Å². The number of sulfone groups is 1. The van der Waals surface area contributed by atoms with Gasteiger partial charge in [0.1, 0.15) is 11.6 Å². The number of hydrogen-bond donors (Lipinski definition) is 1. The topological polar surface area (TPSA) is 76.3 Å². The van der Waals surface area contributed by atoms with E-state index >= 15 is 0 Å². The molecule has 0 aliphatic carbocycles. The summed E-state index contributed by atoms with van der Waals surface area (Å²) in [7, 11) is -3.49. The molecular formula is C20H21FN4O2S. The van der Waals surface area contributed by atoms with Crippen LogP contribution in [-0.2, 0) is 9.84 Å². The quantitative estimate of drug-likeness (QED) is 0.502. The minimum atomic E-state index is -3.49. The third-order valence-corrected chi connectivity index (χ3v) is 6.49. The molecule has 0 aliphatic rings. The van der Waals surface area contributed by atoms with Crippen molar-refractivity contribution in [1.82, 2.24) is 9.78 Å². The maximum absolute atomic E-state index is 13.4. The molecule has 0 atom stereocenters. The zero-order valence-electron chi connectivity index (χ0n) is 15.8. The number of anilines is 1. The number of rotatable bonds is 6. The number of nitrogens with zero attached hydrogens (tertiary/aromatic N) is 3. The Kier molecular flexibility index (Phi) is 5.60. The number of aromatic nitrogens is 2. The third-order valence-electron chi connectivity index (χ3n) is 4.29. The van der Waals surface area contributed by atoms with Crippen LogP contribution in [0.4, 0.5) is 10.2 Å². The van der Waals surface area contributed by atoms with Gasteiger partial charge in [0.15, 0.2) is 9.84 Å². The lowest BCUT2D eigenvalue weighted by molar-refractivity contribution is 0.586. The fourth-order valence-corrected chi connectivity index (χ4v) is 3.85. The number of hydrazone groups is 1. The number of para-hydroxylation sites is 1. The minimum Gasteiger partial charge on any atom is -0.261 e. The third kappa shape index (κ3) is 3.96. The van der Waals surface area contributed by atoms with Gasteiger partial charge in [-0.1, -0.05) is 18.2 Å². The summed E-state index contributed by atoms with van der Waals surface area (Å²) in [5.41, 5.74) is 4.80. The molecule has 0 saturated carbocycles. The van der Waals surface area contributed by atoms with Crippen LogP contribution in [-0.4, -0.2) is 29.7 Å². The highest BCUT2D eigenvalue weighted by Gasteiger charge is 2.24. The lowest BCUT2D eigenvalue weighted by Gasteiger charge is -2.14. The van der Waals surface area contributed by atoms with Crippen LogP contribution in [0, 0.1) is 12.7 Å². The van der Waals surface area contributed by atoms with E-state index in [4.69, 9.17) is 0 Å². The van der Waals surface area contributed by atoms with E-state index in [0.29, 0.717) is 17.1 Å². The van der Waals surface area contributed by atoms with Gasteiger partial charge in [0.05, 0.1) is 28.2 Å². The molecule has 0 radical (unpaired) electrons. The summed E-state index contributed by atoms with van der Waals surface area (Å²) in [4.78, 5) is 0.196. The number of aryl methyl sites for hydroxylation is 1. The van der Waals surface area contributed by atoms with Gasteiger partial charge < -0.3 is 0 Å². The van der Waals surface area contributed by atoms with Crippen molar-refractivity contribution in [3.05, 3.63) is 71.7 Å². The second-order valence-corrected chi connectivity index (χ2v) is 9.03. The number of halogens is 1. The maximum atomic E-state index is 13.4. The van der Waals surface area contributed by atoms with Crippen molar-refractivity contribution in [2.45, 2.75) is 30.9 Å². The van der Waals surface area contributed by atoms with Crippen molar-refractivity contribution in [3.63, 3.8) is 0 Å². The van der Waals surface area contributed by atoms with Crippen LogP contribution in [0.25, 0.3) is 5.69 Å². The molecule has 3 aromatic rings. The van der Waals surface area contributed by atoms with Crippen molar-refractivity contribution >= 4 is 21.9 Å². The summed E-state index contributed by atoms with van der Waals surface area (Å²) >= 11 is 0. The first-order valence-electron chi connectivity index (χ1n) is 8.73. The molecule has 28 heavy (non-hydrogen) atoms. The molecule has 146 valence electrons. The Balaban J connectivity index is 1.94. The highest BCUT2D eigenvalue weighted by molar-refractivity contribution is 7.92. The van der Waals surface area contributed by atoms with Gasteiger partial charge in [-0.2, -0.15) is 10.2 Å². The fraction of sp³-hybridized carbons (Fsp3) is 0.200. The lowest BCUT2D eigenvalue weighted by atomic mass is 10.1. The first-order valence-corrected chi connectivity index (χ1v) is 10.3. The summed E-state index contributed by atoms with van der Waals surface area (Å²) in [5.74, 6) is 0.140. The van der Waals surface area contributed by atoms with E-state index in [-0.39, 0.29) is 10.7 Å². The molecule has 0 amide bonds. The first-order chi connectivity index (χ1) is 13.3. The predicted octanol–water partition coefficient (Wildman–Crippen LogP) is 3.95. The van der Waals surface area contributed by atoms with Crippen LogP contribution in [0.3, 0.4) is 0 Å². The summed E-state index contributed by atoms with van der Waals surface area (Å²) in [6, 6.07) is 12.8. The highest BCUT2D eigenvalue weighted by atomic mass is 32.2. The second kappa shape index (κ2) is 7.93. The molecule has 1 N–H and O–H groups in total. The molecule has 6 nitrogen and oxygen atoms in total. The lowest BCUT2D eigenvalue weighted by Crippen LogP contribution is -2.17. The van der Waals surface area contributed by atoms with Crippen LogP contribution < -0.4 is 5.43 Å². The summed E-state index contributed by atoms with van der Waals surface area (Å²) in [6.45, 7) is 5.14. The SMILES string of the molecule is Cc1ccc(F)cc1/C=N/Nc1ccnn1-c1ccccc1S(=O)(=O)C(C)C. The van der Waals surface area contributed by atoms with Crippen molar-refractivity contribution in [2.24, 2.45) is 5.10 Å². The molecule has 0 aliphatic heterocycles. The Hall–Kier alpha value is -3.00. The standard InChI is InChI=1S/C20H21FN4O2S/c1-14(2)28(26,27)19-7-5-4-6-18(19)25-20(10-11-23-25)24-22-13-16-12-17(21)9-8-15(16)3/h4-14,24H,1-3H3/b22-13+. The molecule has 3 rings (SSSR count). The zero-order valence-corrected chi connectivity index (χ0v) is 16.6. The number of nitrogens with one attached hydrogen (secondary N) is 1. The molecule has 0 unspecified atom stereocenters. The van der Waals surface area contributed by atoms with Crippen LogP contribution in [0.2, 0.25) is 0 Å². The van der Waals surface area contributed by atoms with Gasteiger partial charge in [-0.15, -0.1) is 0 Å². The van der Waals surface area contributed by atoms with Crippen molar-refractivity contribution < 1.29 is 12.8 Å². The van der Waals surface area contributed by atoms with E-state index in [9.17, 15) is 12.8 Å². The Labute approximate surface area is 163 Å². The Morgan fingerprint density at radius 1 is 1.18 bits per heavy atom. The van der Waals surface area contributed by atoms with E-state index in [0.717, 1.165) is 5.56 Å². The van der Waals surface area contributed by atoms with Crippen LogP contribution in [0.15, 0.2) is 64.7 Å². The van der Waals surface area contributed by atoms with Crippen LogP contribution in [0.5, 0.6) is 0 Å². The van der Waals surface area contributed by atoms with Crippen LogP contribution in [0.1, 0.15) is 25.0 Å². The van der Waals surface area contributed by atoms with Gasteiger partial charge in [-0.05, 0) is 50.6 Å². The molecule has 0 bridgehead atoms. The maximum Gasteiger partial charge on any atom is 0.182 e. The smallest absolute Gasteiger partial charge is 0.182 e. The average molecular weight is 400 g/mol. The minimum absolute atomic E-state index is 0.196. The van der Waals surface area contributed by atoms with Crippen molar-refractivity contribution in [3.8, 4) is 5.69 Å². The molecule has 0 saturated heterocycles. The van der Waals surface area contributed by atoms with E-state index < -0.39 is 15.1 Å². The van der Waals surface area contributed by atoms with E-state index in [1.54, 1.807) is 56.4 Å². The Bertz CT molecular complexity index is 1120. The van der Waals surface area contributed by atoms with Gasteiger partial charge in [0.2, 0.25) is 0 Å². The van der Waals surface area contributed by atoms with Crippen molar-refractivity contribution in [1.29, 1.82) is 0 Å². The second-order valence-electron chi connectivity index (χ2n) is 6.56. The van der Waals surface area contributed by atoms with Crippen LogP contribution >= 0.6 is 0 Å². The summed E-state index contributed by atoms with van der Waals surface area (Å²) in [6.07, 6.45) is 3.05. The Morgan fingerprint density at radius 3 is 2.68 bits per heavy atom.